The van der Waals surface area contributed by atoms with Crippen LogP contribution in [-0.2, 0) is 6.18 Å². The molecule has 0 aliphatic carbocycles. The maximum atomic E-state index is 12.9. The lowest BCUT2D eigenvalue weighted by atomic mass is 9.94. The highest BCUT2D eigenvalue weighted by Crippen LogP contribution is 2.33. The predicted molar refractivity (Wildman–Crippen MR) is 66.0 cm³/mol. The van der Waals surface area contributed by atoms with Gasteiger partial charge in [-0.3, -0.25) is 0 Å². The van der Waals surface area contributed by atoms with Crippen molar-refractivity contribution < 1.29 is 13.2 Å². The van der Waals surface area contributed by atoms with Crippen LogP contribution in [0.5, 0.6) is 0 Å². The average Bonchev–Trinajstić information content (AvgIpc) is 2.69. The highest BCUT2D eigenvalue weighted by atomic mass is 19.4. The Kier molecular flexibility index (Phi) is 3.52. The molecule has 0 radical (unpaired) electrons. The first-order valence-electron chi connectivity index (χ1n) is 6.30. The van der Waals surface area contributed by atoms with Gasteiger partial charge in [-0.2, -0.15) is 18.3 Å². The molecule has 0 atom stereocenters. The van der Waals surface area contributed by atoms with E-state index in [0.717, 1.165) is 18.9 Å². The molecular formula is C13H16F3N3. The fourth-order valence-electron chi connectivity index (χ4n) is 2.28. The Morgan fingerprint density at radius 2 is 1.89 bits per heavy atom. The van der Waals surface area contributed by atoms with Crippen LogP contribution in [0.25, 0.3) is 5.65 Å². The topological polar surface area (TPSA) is 30.2 Å². The molecule has 2 heterocycles. The number of nitrogens with zero attached hydrogens (tertiary/aromatic N) is 3. The van der Waals surface area contributed by atoms with Crippen molar-refractivity contribution in [3.63, 3.8) is 0 Å². The molecular weight excluding hydrogens is 255 g/mol. The number of alkyl halides is 3. The van der Waals surface area contributed by atoms with Gasteiger partial charge in [0.2, 0.25) is 0 Å². The van der Waals surface area contributed by atoms with Crippen molar-refractivity contribution in [1.82, 2.24) is 14.6 Å². The minimum atomic E-state index is -4.44. The zero-order chi connectivity index (χ0) is 14.2. The number of rotatable bonds is 3. The summed E-state index contributed by atoms with van der Waals surface area (Å²) >= 11 is 0. The molecule has 0 fully saturated rings. The summed E-state index contributed by atoms with van der Waals surface area (Å²) in [6, 6.07) is 1.14. The number of halogens is 3. The molecule has 104 valence electrons. The van der Waals surface area contributed by atoms with Crippen molar-refractivity contribution in [3.05, 3.63) is 29.2 Å². The Hall–Kier alpha value is -1.59. The highest BCUT2D eigenvalue weighted by Gasteiger charge is 2.34. The lowest BCUT2D eigenvalue weighted by Crippen LogP contribution is -2.13. The molecule has 0 saturated heterocycles. The van der Waals surface area contributed by atoms with Gasteiger partial charge in [0.15, 0.2) is 11.3 Å². The van der Waals surface area contributed by atoms with Crippen LogP contribution in [0.4, 0.5) is 13.2 Å². The normalized spacial score (nSPS) is 12.6. The van der Waals surface area contributed by atoms with E-state index in [2.05, 4.69) is 10.1 Å². The molecule has 0 saturated carbocycles. The second-order valence-corrected chi connectivity index (χ2v) is 4.65. The van der Waals surface area contributed by atoms with Crippen LogP contribution in [-0.4, -0.2) is 14.6 Å². The molecule has 19 heavy (non-hydrogen) atoms. The molecule has 2 aromatic heterocycles. The monoisotopic (exact) mass is 271 g/mol. The van der Waals surface area contributed by atoms with Crippen LogP contribution in [0.3, 0.4) is 0 Å². The molecule has 0 amide bonds. The molecule has 2 aromatic rings. The van der Waals surface area contributed by atoms with Crippen molar-refractivity contribution in [1.29, 1.82) is 0 Å². The van der Waals surface area contributed by atoms with E-state index >= 15 is 0 Å². The fraction of sp³-hybridized carbons (Fsp3) is 0.538. The van der Waals surface area contributed by atoms with E-state index in [1.54, 1.807) is 6.92 Å². The molecule has 3 nitrogen and oxygen atoms in total. The summed E-state index contributed by atoms with van der Waals surface area (Å²) in [7, 11) is 0. The first-order chi connectivity index (χ1) is 8.86. The van der Waals surface area contributed by atoms with Crippen LogP contribution < -0.4 is 0 Å². The van der Waals surface area contributed by atoms with Gasteiger partial charge in [-0.15, -0.1) is 0 Å². The van der Waals surface area contributed by atoms with E-state index in [9.17, 15) is 13.2 Å². The average molecular weight is 271 g/mol. The largest absolute Gasteiger partial charge is 0.435 e. The summed E-state index contributed by atoms with van der Waals surface area (Å²) in [6.07, 6.45) is -1.36. The van der Waals surface area contributed by atoms with Crippen LogP contribution in [0, 0.1) is 6.92 Å². The Morgan fingerprint density at radius 1 is 1.26 bits per heavy atom. The minimum absolute atomic E-state index is 0.0633. The Balaban J connectivity index is 2.71. The van der Waals surface area contributed by atoms with E-state index in [4.69, 9.17) is 0 Å². The molecule has 0 aliphatic rings. The molecule has 0 spiro atoms. The van der Waals surface area contributed by atoms with E-state index in [0.29, 0.717) is 16.9 Å². The van der Waals surface area contributed by atoms with Gasteiger partial charge < -0.3 is 0 Å². The summed E-state index contributed by atoms with van der Waals surface area (Å²) in [5.41, 5.74) is 0.956. The second kappa shape index (κ2) is 4.83. The summed E-state index contributed by atoms with van der Waals surface area (Å²) in [5.74, 6) is 0.0633. The predicted octanol–water partition coefficient (Wildman–Crippen LogP) is 3.96. The van der Waals surface area contributed by atoms with E-state index in [1.165, 1.54) is 10.7 Å². The number of hydrogen-bond acceptors (Lipinski definition) is 2. The van der Waals surface area contributed by atoms with Crippen molar-refractivity contribution in [2.24, 2.45) is 0 Å². The molecule has 2 rings (SSSR count). The van der Waals surface area contributed by atoms with Crippen molar-refractivity contribution >= 4 is 5.65 Å². The quantitative estimate of drug-likeness (QED) is 0.845. The van der Waals surface area contributed by atoms with Crippen molar-refractivity contribution in [2.75, 3.05) is 0 Å². The van der Waals surface area contributed by atoms with Crippen molar-refractivity contribution in [3.8, 4) is 0 Å². The third-order valence-electron chi connectivity index (χ3n) is 3.29. The summed E-state index contributed by atoms with van der Waals surface area (Å²) in [4.78, 5) is 4.29. The van der Waals surface area contributed by atoms with E-state index < -0.39 is 11.9 Å². The molecule has 0 aromatic carbocycles. The third-order valence-corrected chi connectivity index (χ3v) is 3.29. The Morgan fingerprint density at radius 3 is 2.42 bits per heavy atom. The zero-order valence-electron chi connectivity index (χ0n) is 11.1. The van der Waals surface area contributed by atoms with Gasteiger partial charge in [0.25, 0.3) is 0 Å². The van der Waals surface area contributed by atoms with Gasteiger partial charge in [-0.1, -0.05) is 13.8 Å². The second-order valence-electron chi connectivity index (χ2n) is 4.65. The van der Waals surface area contributed by atoms with E-state index in [1.807, 2.05) is 13.8 Å². The Bertz CT molecular complexity index is 583. The Labute approximate surface area is 109 Å². The summed E-state index contributed by atoms with van der Waals surface area (Å²) in [5, 5.41) is 3.61. The number of aromatic nitrogens is 3. The third kappa shape index (κ3) is 2.57. The van der Waals surface area contributed by atoms with Gasteiger partial charge in [0.1, 0.15) is 0 Å². The summed E-state index contributed by atoms with van der Waals surface area (Å²) < 4.78 is 39.9. The first-order valence-corrected chi connectivity index (χ1v) is 6.30. The lowest BCUT2D eigenvalue weighted by Gasteiger charge is -2.15. The minimum Gasteiger partial charge on any atom is -0.232 e. The van der Waals surface area contributed by atoms with Gasteiger partial charge in [-0.25, -0.2) is 9.50 Å². The number of aryl methyl sites for hydroxylation is 1. The van der Waals surface area contributed by atoms with Gasteiger partial charge >= 0.3 is 6.18 Å². The van der Waals surface area contributed by atoms with Crippen LogP contribution in [0.15, 0.2) is 12.3 Å². The van der Waals surface area contributed by atoms with Crippen LogP contribution in [0.2, 0.25) is 0 Å². The van der Waals surface area contributed by atoms with Crippen LogP contribution in [0.1, 0.15) is 49.6 Å². The first kappa shape index (κ1) is 13.8. The summed E-state index contributed by atoms with van der Waals surface area (Å²) in [6.45, 7) is 5.68. The number of fused-ring (bicyclic) bond motifs is 1. The molecule has 0 unspecified atom stereocenters. The smallest absolute Gasteiger partial charge is 0.232 e. The van der Waals surface area contributed by atoms with E-state index in [-0.39, 0.29) is 5.92 Å². The van der Waals surface area contributed by atoms with Gasteiger partial charge in [-0.05, 0) is 31.7 Å². The molecule has 6 heteroatoms. The van der Waals surface area contributed by atoms with Gasteiger partial charge in [0, 0.05) is 5.56 Å². The molecule has 0 bridgehead atoms. The fourth-order valence-corrected chi connectivity index (χ4v) is 2.28. The lowest BCUT2D eigenvalue weighted by molar-refractivity contribution is -0.141. The molecule has 0 aliphatic heterocycles. The standard InChI is InChI=1S/C13H16F3N3/c1-4-9(5-2)10-6-11(13(14,15)16)18-19-7-8(3)17-12(10)19/h6-7,9H,4-5H2,1-3H3. The number of imidazole rings is 1. The van der Waals surface area contributed by atoms with Gasteiger partial charge in [0.05, 0.1) is 11.9 Å². The maximum absolute atomic E-state index is 12.9. The number of hydrogen-bond donors (Lipinski definition) is 0. The maximum Gasteiger partial charge on any atom is 0.435 e. The molecule has 0 N–H and O–H groups in total. The zero-order valence-corrected chi connectivity index (χ0v) is 11.1. The van der Waals surface area contributed by atoms with Crippen LogP contribution >= 0.6 is 0 Å². The highest BCUT2D eigenvalue weighted by molar-refractivity contribution is 5.50. The van der Waals surface area contributed by atoms with Crippen molar-refractivity contribution in [2.45, 2.75) is 45.7 Å². The SMILES string of the molecule is CCC(CC)c1cc(C(F)(F)F)nn2cc(C)nc12.